The third kappa shape index (κ3) is 2.69. The molecule has 0 bridgehead atoms. The maximum absolute atomic E-state index is 4.27. The van der Waals surface area contributed by atoms with E-state index in [9.17, 15) is 0 Å². The smallest absolute Gasteiger partial charge is 0.0534 e. The lowest BCUT2D eigenvalue weighted by molar-refractivity contribution is 0.555. The number of benzene rings is 1. The fourth-order valence-corrected chi connectivity index (χ4v) is 2.28. The van der Waals surface area contributed by atoms with Crippen LogP contribution in [0.2, 0.25) is 0 Å². The molecule has 3 rings (SSSR count). The molecule has 0 amide bonds. The number of aromatic nitrogens is 3. The van der Waals surface area contributed by atoms with Crippen molar-refractivity contribution in [3.8, 4) is 0 Å². The summed E-state index contributed by atoms with van der Waals surface area (Å²) in [7, 11) is 0. The number of nitrogens with zero attached hydrogens (tertiary/aromatic N) is 2. The summed E-state index contributed by atoms with van der Waals surface area (Å²) in [6.07, 6.45) is 6.03. The molecular weight excluding hydrogens is 236 g/mol. The van der Waals surface area contributed by atoms with E-state index in [0.29, 0.717) is 0 Å². The Balaban J connectivity index is 1.55. The van der Waals surface area contributed by atoms with E-state index < -0.39 is 0 Å². The Bertz CT molecular complexity index is 665. The van der Waals surface area contributed by atoms with E-state index in [1.807, 2.05) is 10.9 Å². The zero-order chi connectivity index (χ0) is 13.1. The molecule has 2 aromatic heterocycles. The van der Waals surface area contributed by atoms with E-state index in [1.165, 1.54) is 22.0 Å². The number of hydrogen-bond donors (Lipinski definition) is 2. The van der Waals surface area contributed by atoms with Gasteiger partial charge in [-0.1, -0.05) is 18.2 Å². The zero-order valence-electron chi connectivity index (χ0n) is 11.1. The van der Waals surface area contributed by atoms with Gasteiger partial charge in [-0.3, -0.25) is 4.68 Å². The predicted molar refractivity (Wildman–Crippen MR) is 77.0 cm³/mol. The van der Waals surface area contributed by atoms with Gasteiger partial charge in [0.1, 0.15) is 0 Å². The Morgan fingerprint density at radius 3 is 3.05 bits per heavy atom. The molecule has 1 aromatic carbocycles. The van der Waals surface area contributed by atoms with Crippen LogP contribution in [0.15, 0.2) is 42.9 Å². The molecule has 0 spiro atoms. The van der Waals surface area contributed by atoms with Gasteiger partial charge in [0, 0.05) is 36.4 Å². The summed E-state index contributed by atoms with van der Waals surface area (Å²) in [6, 6.07) is 8.38. The number of hydrogen-bond acceptors (Lipinski definition) is 2. The minimum Gasteiger partial charge on any atom is -0.361 e. The zero-order valence-corrected chi connectivity index (χ0v) is 11.1. The highest BCUT2D eigenvalue weighted by molar-refractivity contribution is 5.82. The molecule has 2 N–H and O–H groups in total. The summed E-state index contributed by atoms with van der Waals surface area (Å²) >= 11 is 0. The third-order valence-corrected chi connectivity index (χ3v) is 3.27. The summed E-state index contributed by atoms with van der Waals surface area (Å²) in [4.78, 5) is 3.29. The lowest BCUT2D eigenvalue weighted by Gasteiger charge is -2.04. The van der Waals surface area contributed by atoms with Gasteiger partial charge in [-0.2, -0.15) is 5.10 Å². The largest absolute Gasteiger partial charge is 0.361 e. The average molecular weight is 254 g/mol. The summed E-state index contributed by atoms with van der Waals surface area (Å²) in [6.45, 7) is 4.75. The minimum absolute atomic E-state index is 0.879. The second-order valence-corrected chi connectivity index (χ2v) is 4.82. The van der Waals surface area contributed by atoms with Crippen molar-refractivity contribution in [2.24, 2.45) is 0 Å². The van der Waals surface area contributed by atoms with Gasteiger partial charge in [0.2, 0.25) is 0 Å². The minimum atomic E-state index is 0.879. The Morgan fingerprint density at radius 2 is 2.21 bits per heavy atom. The van der Waals surface area contributed by atoms with Crippen molar-refractivity contribution in [1.29, 1.82) is 0 Å². The lowest BCUT2D eigenvalue weighted by Crippen LogP contribution is -2.19. The van der Waals surface area contributed by atoms with Gasteiger partial charge < -0.3 is 10.3 Å². The fourth-order valence-electron chi connectivity index (χ4n) is 2.28. The number of aromatic amines is 1. The van der Waals surface area contributed by atoms with E-state index in [-0.39, 0.29) is 0 Å². The Morgan fingerprint density at radius 1 is 1.32 bits per heavy atom. The number of para-hydroxylation sites is 1. The number of fused-ring (bicyclic) bond motifs is 1. The van der Waals surface area contributed by atoms with E-state index in [2.05, 4.69) is 59.0 Å². The molecule has 0 saturated heterocycles. The second kappa shape index (κ2) is 5.28. The fraction of sp³-hybridized carbons (Fsp3) is 0.267. The molecule has 0 fully saturated rings. The highest BCUT2D eigenvalue weighted by Gasteiger charge is 2.01. The van der Waals surface area contributed by atoms with Crippen molar-refractivity contribution >= 4 is 10.9 Å². The van der Waals surface area contributed by atoms with Gasteiger partial charge in [0.15, 0.2) is 0 Å². The molecule has 0 saturated carbocycles. The van der Waals surface area contributed by atoms with Gasteiger partial charge in [-0.15, -0.1) is 0 Å². The van der Waals surface area contributed by atoms with Crippen molar-refractivity contribution in [2.45, 2.75) is 20.0 Å². The van der Waals surface area contributed by atoms with Crippen LogP contribution in [0.25, 0.3) is 10.9 Å². The number of aryl methyl sites for hydroxylation is 1. The molecule has 0 unspecified atom stereocenters. The van der Waals surface area contributed by atoms with Crippen LogP contribution in [0, 0.1) is 6.92 Å². The summed E-state index contributed by atoms with van der Waals surface area (Å²) < 4.78 is 1.97. The maximum Gasteiger partial charge on any atom is 0.0534 e. The maximum atomic E-state index is 4.27. The van der Waals surface area contributed by atoms with Gasteiger partial charge in [-0.25, -0.2) is 0 Å². The van der Waals surface area contributed by atoms with Crippen LogP contribution in [0.5, 0.6) is 0 Å². The topological polar surface area (TPSA) is 45.6 Å². The van der Waals surface area contributed by atoms with Gasteiger partial charge in [0.05, 0.1) is 12.7 Å². The van der Waals surface area contributed by atoms with E-state index >= 15 is 0 Å². The number of nitrogens with one attached hydrogen (secondary N) is 2. The van der Waals surface area contributed by atoms with Crippen molar-refractivity contribution < 1.29 is 0 Å². The third-order valence-electron chi connectivity index (χ3n) is 3.27. The van der Waals surface area contributed by atoms with Crippen molar-refractivity contribution in [3.05, 3.63) is 54.0 Å². The Hall–Kier alpha value is -2.07. The van der Waals surface area contributed by atoms with E-state index in [1.54, 1.807) is 0 Å². The van der Waals surface area contributed by atoms with Crippen LogP contribution in [0.1, 0.15) is 11.1 Å². The van der Waals surface area contributed by atoms with E-state index in [0.717, 1.165) is 19.6 Å². The van der Waals surface area contributed by atoms with Gasteiger partial charge >= 0.3 is 0 Å². The molecule has 0 aliphatic rings. The summed E-state index contributed by atoms with van der Waals surface area (Å²) in [5, 5.41) is 9.02. The Labute approximate surface area is 112 Å². The van der Waals surface area contributed by atoms with Gasteiger partial charge in [-0.05, 0) is 24.1 Å². The van der Waals surface area contributed by atoms with Crippen LogP contribution in [0.4, 0.5) is 0 Å². The summed E-state index contributed by atoms with van der Waals surface area (Å²) in [5.41, 5.74) is 3.71. The first-order valence-electron chi connectivity index (χ1n) is 6.58. The Kier molecular flexibility index (Phi) is 3.33. The highest BCUT2D eigenvalue weighted by Crippen LogP contribution is 2.17. The lowest BCUT2D eigenvalue weighted by atomic mass is 10.2. The first-order chi connectivity index (χ1) is 9.33. The highest BCUT2D eigenvalue weighted by atomic mass is 15.3. The van der Waals surface area contributed by atoms with Crippen LogP contribution in [-0.4, -0.2) is 21.3 Å². The van der Waals surface area contributed by atoms with E-state index in [4.69, 9.17) is 0 Å². The number of H-pyrrole nitrogens is 1. The van der Waals surface area contributed by atoms with Crippen LogP contribution in [-0.2, 0) is 13.1 Å². The van der Waals surface area contributed by atoms with Crippen LogP contribution in [0.3, 0.4) is 0 Å². The molecule has 98 valence electrons. The van der Waals surface area contributed by atoms with Crippen molar-refractivity contribution in [3.63, 3.8) is 0 Å². The molecule has 0 radical (unpaired) electrons. The summed E-state index contributed by atoms with van der Waals surface area (Å²) in [5.74, 6) is 0. The SMILES string of the molecule is Cc1cnn(CCNCc2c[nH]c3ccccc23)c1. The van der Waals surface area contributed by atoms with Crippen molar-refractivity contribution in [2.75, 3.05) is 6.54 Å². The van der Waals surface area contributed by atoms with Crippen LogP contribution >= 0.6 is 0 Å². The first-order valence-corrected chi connectivity index (χ1v) is 6.58. The van der Waals surface area contributed by atoms with Crippen LogP contribution < -0.4 is 5.32 Å². The molecule has 3 aromatic rings. The molecule has 0 aliphatic heterocycles. The number of rotatable bonds is 5. The second-order valence-electron chi connectivity index (χ2n) is 4.82. The molecule has 2 heterocycles. The normalized spacial score (nSPS) is 11.2. The monoisotopic (exact) mass is 254 g/mol. The van der Waals surface area contributed by atoms with Crippen molar-refractivity contribution in [1.82, 2.24) is 20.1 Å². The molecular formula is C15H18N4. The molecule has 4 heteroatoms. The van der Waals surface area contributed by atoms with Gasteiger partial charge in [0.25, 0.3) is 0 Å². The standard InChI is InChI=1S/C15H18N4/c1-12-8-18-19(11-12)7-6-16-9-13-10-17-15-5-3-2-4-14(13)15/h2-5,8,10-11,16-17H,6-7,9H2,1H3. The molecule has 19 heavy (non-hydrogen) atoms. The molecule has 4 nitrogen and oxygen atoms in total. The predicted octanol–water partition coefficient (Wildman–Crippen LogP) is 2.46. The quantitative estimate of drug-likeness (QED) is 0.687. The average Bonchev–Trinajstić information content (AvgIpc) is 3.02. The molecule has 0 aliphatic carbocycles. The first kappa shape index (κ1) is 12.0. The molecule has 0 atom stereocenters.